The molecule has 0 unspecified atom stereocenters. The van der Waals surface area contributed by atoms with Crippen LogP contribution < -0.4 is 4.72 Å². The lowest BCUT2D eigenvalue weighted by Crippen LogP contribution is -2.65. The molecule has 7 rings (SSSR count). The lowest BCUT2D eigenvalue weighted by atomic mass is 9.43. The van der Waals surface area contributed by atoms with Crippen molar-refractivity contribution in [2.45, 2.75) is 63.4 Å². The number of hydrogen-bond acceptors (Lipinski definition) is 7. The van der Waals surface area contributed by atoms with Crippen molar-refractivity contribution in [1.82, 2.24) is 4.72 Å². The molecule has 38 heavy (non-hydrogen) atoms. The molecule has 2 aromatic carbocycles. The number of non-ortho nitro benzene ring substituents is 1. The summed E-state index contributed by atoms with van der Waals surface area (Å²) in [5.74, 6) is -0.222. The number of fused-ring (bicyclic) bond motifs is 1. The van der Waals surface area contributed by atoms with Gasteiger partial charge in [0, 0.05) is 17.5 Å². The van der Waals surface area contributed by atoms with Crippen molar-refractivity contribution < 1.29 is 27.1 Å². The standard InChI is InChI=1S/C27H31BN2O7S/c1-26(2)19-13-23(26)27(3)24(14-19)36-28(37-27)25(12-18-15-35-22-10-5-4-9-21(18)22)29-38(33,34)16-17-7-6-8-20(11-17)30(31)32/h4-11,15,19,23-25,29H,12-14,16H2,1-3H3/t19-,23-,24+,25-,27-/m0/s1. The highest BCUT2D eigenvalue weighted by Crippen LogP contribution is 2.65. The quantitative estimate of drug-likeness (QED) is 0.252. The summed E-state index contributed by atoms with van der Waals surface area (Å²) < 4.78 is 48.4. The Morgan fingerprint density at radius 1 is 1.16 bits per heavy atom. The summed E-state index contributed by atoms with van der Waals surface area (Å²) in [4.78, 5) is 10.6. The van der Waals surface area contributed by atoms with Gasteiger partial charge in [0.2, 0.25) is 10.0 Å². The van der Waals surface area contributed by atoms with E-state index >= 15 is 0 Å². The third-order valence-corrected chi connectivity index (χ3v) is 10.5. The third kappa shape index (κ3) is 4.25. The zero-order chi connectivity index (χ0) is 26.9. The van der Waals surface area contributed by atoms with Crippen molar-refractivity contribution in [1.29, 1.82) is 0 Å². The molecule has 2 bridgehead atoms. The summed E-state index contributed by atoms with van der Waals surface area (Å²) in [7, 11) is -4.70. The number of rotatable bonds is 8. The summed E-state index contributed by atoms with van der Waals surface area (Å²) in [6.45, 7) is 6.66. The number of furan rings is 1. The normalized spacial score (nSPS) is 28.6. The molecule has 11 heteroatoms. The predicted molar refractivity (Wildman–Crippen MR) is 143 cm³/mol. The van der Waals surface area contributed by atoms with Crippen LogP contribution in [0.1, 0.15) is 44.7 Å². The van der Waals surface area contributed by atoms with Gasteiger partial charge in [-0.05, 0) is 60.6 Å². The maximum atomic E-state index is 13.4. The Bertz CT molecular complexity index is 1510. The number of hydrogen-bond donors (Lipinski definition) is 1. The molecular weight excluding hydrogens is 507 g/mol. The van der Waals surface area contributed by atoms with Crippen LogP contribution in [0, 0.1) is 27.4 Å². The first kappa shape index (κ1) is 25.5. The minimum atomic E-state index is -3.91. The molecular formula is C27H31BN2O7S. The fraction of sp³-hybridized carbons (Fsp3) is 0.481. The van der Waals surface area contributed by atoms with Crippen molar-refractivity contribution in [3.8, 4) is 0 Å². The largest absolute Gasteiger partial charge is 0.477 e. The number of nitrogens with one attached hydrogen (secondary N) is 1. The molecule has 0 amide bonds. The third-order valence-electron chi connectivity index (χ3n) is 9.11. The van der Waals surface area contributed by atoms with E-state index in [1.54, 1.807) is 12.3 Å². The number of nitro groups is 1. The highest BCUT2D eigenvalue weighted by molar-refractivity contribution is 7.88. The number of nitro benzene ring substituents is 1. The lowest BCUT2D eigenvalue weighted by molar-refractivity contribution is -0.384. The Labute approximate surface area is 222 Å². The maximum absolute atomic E-state index is 13.4. The Morgan fingerprint density at radius 2 is 1.95 bits per heavy atom. The zero-order valence-electron chi connectivity index (χ0n) is 21.6. The Kier molecular flexibility index (Phi) is 5.99. The van der Waals surface area contributed by atoms with Crippen molar-refractivity contribution in [2.75, 3.05) is 0 Å². The highest BCUT2D eigenvalue weighted by atomic mass is 32.2. The van der Waals surface area contributed by atoms with E-state index in [0.29, 0.717) is 23.8 Å². The van der Waals surface area contributed by atoms with E-state index in [2.05, 4.69) is 25.5 Å². The molecule has 5 atom stereocenters. The van der Waals surface area contributed by atoms with Crippen LogP contribution in [0.5, 0.6) is 0 Å². The summed E-state index contributed by atoms with van der Waals surface area (Å²) in [5, 5.41) is 12.1. The monoisotopic (exact) mass is 538 g/mol. The topological polar surface area (TPSA) is 121 Å². The van der Waals surface area contributed by atoms with Crippen molar-refractivity contribution in [3.05, 3.63) is 76.0 Å². The van der Waals surface area contributed by atoms with E-state index in [9.17, 15) is 18.5 Å². The molecule has 0 radical (unpaired) electrons. The van der Waals surface area contributed by atoms with Crippen LogP contribution in [0.4, 0.5) is 5.69 Å². The fourth-order valence-corrected chi connectivity index (χ4v) is 8.30. The molecule has 3 saturated carbocycles. The average Bonchev–Trinajstić information content (AvgIpc) is 3.43. The molecule has 1 N–H and O–H groups in total. The maximum Gasteiger partial charge on any atom is 0.477 e. The second kappa shape index (κ2) is 8.91. The van der Waals surface area contributed by atoms with Crippen LogP contribution in [0.2, 0.25) is 0 Å². The first-order valence-corrected chi connectivity index (χ1v) is 14.6. The molecule has 9 nitrogen and oxygen atoms in total. The molecule has 1 aliphatic heterocycles. The van der Waals surface area contributed by atoms with E-state index in [1.165, 1.54) is 18.2 Å². The van der Waals surface area contributed by atoms with Gasteiger partial charge in [0.1, 0.15) is 5.58 Å². The SMILES string of the molecule is CC1(C)[C@@H]2C[C@H]3OB([C@H](Cc4coc5ccccc45)NS(=O)(=O)Cc4cccc([N+](=O)[O-])c4)O[C@@]3(C)[C@H]1C2. The Hall–Kier alpha value is -2.73. The van der Waals surface area contributed by atoms with Gasteiger partial charge in [-0.2, -0.15) is 0 Å². The fourth-order valence-electron chi connectivity index (χ4n) is 6.94. The molecule has 4 aliphatic rings. The van der Waals surface area contributed by atoms with Gasteiger partial charge in [-0.1, -0.05) is 44.2 Å². The molecule has 2 heterocycles. The summed E-state index contributed by atoms with van der Waals surface area (Å²) >= 11 is 0. The van der Waals surface area contributed by atoms with Gasteiger partial charge in [0.15, 0.2) is 0 Å². The number of para-hydroxylation sites is 1. The van der Waals surface area contributed by atoms with Crippen LogP contribution in [0.15, 0.2) is 59.2 Å². The van der Waals surface area contributed by atoms with Crippen LogP contribution in [0.3, 0.4) is 0 Å². The predicted octanol–water partition coefficient (Wildman–Crippen LogP) is 4.64. The molecule has 3 aromatic rings. The first-order valence-electron chi connectivity index (χ1n) is 13.0. The number of benzene rings is 2. The molecule has 4 fully saturated rings. The van der Waals surface area contributed by atoms with Gasteiger partial charge in [-0.3, -0.25) is 10.1 Å². The van der Waals surface area contributed by atoms with Crippen LogP contribution in [-0.2, 0) is 31.5 Å². The minimum Gasteiger partial charge on any atom is -0.464 e. The molecule has 1 saturated heterocycles. The highest BCUT2D eigenvalue weighted by Gasteiger charge is 2.68. The van der Waals surface area contributed by atoms with Gasteiger partial charge >= 0.3 is 7.12 Å². The lowest BCUT2D eigenvalue weighted by Gasteiger charge is -2.64. The van der Waals surface area contributed by atoms with Crippen molar-refractivity contribution in [2.24, 2.45) is 17.3 Å². The van der Waals surface area contributed by atoms with Gasteiger partial charge in [0.25, 0.3) is 5.69 Å². The Balaban J connectivity index is 1.29. The number of sulfonamides is 1. The van der Waals surface area contributed by atoms with E-state index < -0.39 is 39.4 Å². The smallest absolute Gasteiger partial charge is 0.464 e. The van der Waals surface area contributed by atoms with Gasteiger partial charge in [-0.15, -0.1) is 0 Å². The van der Waals surface area contributed by atoms with Gasteiger partial charge in [-0.25, -0.2) is 13.1 Å². The zero-order valence-corrected chi connectivity index (χ0v) is 22.4. The summed E-state index contributed by atoms with van der Waals surface area (Å²) in [6.07, 6.45) is 3.82. The van der Waals surface area contributed by atoms with Gasteiger partial charge < -0.3 is 13.7 Å². The van der Waals surface area contributed by atoms with E-state index in [4.69, 9.17) is 13.7 Å². The van der Waals surface area contributed by atoms with E-state index in [0.717, 1.165) is 29.4 Å². The summed E-state index contributed by atoms with van der Waals surface area (Å²) in [5.41, 5.74) is 1.40. The molecule has 0 spiro atoms. The van der Waals surface area contributed by atoms with Gasteiger partial charge in [0.05, 0.1) is 34.6 Å². The van der Waals surface area contributed by atoms with Crippen LogP contribution >= 0.6 is 0 Å². The van der Waals surface area contributed by atoms with E-state index in [-0.39, 0.29) is 17.2 Å². The molecule has 1 aromatic heterocycles. The minimum absolute atomic E-state index is 0.103. The van der Waals surface area contributed by atoms with E-state index in [1.807, 2.05) is 24.3 Å². The van der Waals surface area contributed by atoms with Crippen LogP contribution in [0.25, 0.3) is 11.0 Å². The average molecular weight is 538 g/mol. The van der Waals surface area contributed by atoms with Crippen molar-refractivity contribution in [3.63, 3.8) is 0 Å². The first-order chi connectivity index (χ1) is 18.0. The molecule has 200 valence electrons. The molecule has 3 aliphatic carbocycles. The van der Waals surface area contributed by atoms with Crippen LogP contribution in [-0.4, -0.2) is 38.1 Å². The summed E-state index contributed by atoms with van der Waals surface area (Å²) in [6, 6.07) is 13.3. The second-order valence-corrected chi connectivity index (χ2v) is 13.5. The van der Waals surface area contributed by atoms with Crippen molar-refractivity contribution >= 4 is 33.8 Å². The number of nitrogens with zero attached hydrogens (tertiary/aromatic N) is 1. The Morgan fingerprint density at radius 3 is 2.71 bits per heavy atom. The second-order valence-electron chi connectivity index (χ2n) is 11.7.